The monoisotopic (exact) mass is 253 g/mol. The summed E-state index contributed by atoms with van der Waals surface area (Å²) < 4.78 is 16.0. The van der Waals surface area contributed by atoms with Crippen LogP contribution in [0.25, 0.3) is 0 Å². The molecule has 4 nitrogen and oxygen atoms in total. The summed E-state index contributed by atoms with van der Waals surface area (Å²) in [6.45, 7) is 7.04. The molecule has 0 saturated heterocycles. The Morgan fingerprint density at radius 3 is 1.78 bits per heavy atom. The first-order chi connectivity index (χ1) is 8.41. The summed E-state index contributed by atoms with van der Waals surface area (Å²) in [5.74, 6) is 2.26. The van der Waals surface area contributed by atoms with Crippen LogP contribution in [0, 0.1) is 0 Å². The van der Waals surface area contributed by atoms with Gasteiger partial charge in [0.15, 0.2) is 0 Å². The van der Waals surface area contributed by atoms with Crippen LogP contribution in [-0.4, -0.2) is 26.9 Å². The summed E-state index contributed by atoms with van der Waals surface area (Å²) in [5, 5.41) is 3.42. The molecule has 1 aromatic rings. The average molecular weight is 253 g/mol. The Kier molecular flexibility index (Phi) is 4.84. The third-order valence-electron chi connectivity index (χ3n) is 2.61. The van der Waals surface area contributed by atoms with Crippen molar-refractivity contribution in [3.8, 4) is 17.2 Å². The SMILES string of the molecule is COc1cc(OC)c(CNC(C)(C)C)c(OC)c1. The van der Waals surface area contributed by atoms with E-state index >= 15 is 0 Å². The van der Waals surface area contributed by atoms with E-state index in [4.69, 9.17) is 14.2 Å². The number of hydrogen-bond acceptors (Lipinski definition) is 4. The van der Waals surface area contributed by atoms with E-state index in [0.717, 1.165) is 22.8 Å². The summed E-state index contributed by atoms with van der Waals surface area (Å²) in [6.07, 6.45) is 0. The van der Waals surface area contributed by atoms with Gasteiger partial charge in [-0.05, 0) is 20.8 Å². The van der Waals surface area contributed by atoms with Gasteiger partial charge in [-0.1, -0.05) is 0 Å². The molecule has 0 unspecified atom stereocenters. The standard InChI is InChI=1S/C14H23NO3/c1-14(2,3)15-9-11-12(17-5)7-10(16-4)8-13(11)18-6/h7-8,15H,9H2,1-6H3. The van der Waals surface area contributed by atoms with Gasteiger partial charge in [-0.2, -0.15) is 0 Å². The molecule has 1 aromatic carbocycles. The fourth-order valence-electron chi connectivity index (χ4n) is 1.61. The minimum absolute atomic E-state index is 0.0376. The number of hydrogen-bond donors (Lipinski definition) is 1. The molecule has 1 N–H and O–H groups in total. The maximum absolute atomic E-state index is 5.40. The molecule has 0 fully saturated rings. The molecular formula is C14H23NO3. The molecule has 0 aromatic heterocycles. The van der Waals surface area contributed by atoms with Crippen molar-refractivity contribution in [1.29, 1.82) is 0 Å². The van der Waals surface area contributed by atoms with Crippen molar-refractivity contribution >= 4 is 0 Å². The summed E-state index contributed by atoms with van der Waals surface area (Å²) in [4.78, 5) is 0. The molecule has 0 radical (unpaired) electrons. The second kappa shape index (κ2) is 5.96. The van der Waals surface area contributed by atoms with E-state index in [1.165, 1.54) is 0 Å². The van der Waals surface area contributed by atoms with Crippen molar-refractivity contribution in [2.24, 2.45) is 0 Å². The zero-order valence-corrected chi connectivity index (χ0v) is 12.1. The molecule has 1 rings (SSSR count). The van der Waals surface area contributed by atoms with E-state index in [0.29, 0.717) is 6.54 Å². The fourth-order valence-corrected chi connectivity index (χ4v) is 1.61. The van der Waals surface area contributed by atoms with Gasteiger partial charge in [-0.25, -0.2) is 0 Å². The van der Waals surface area contributed by atoms with Crippen LogP contribution in [0.4, 0.5) is 0 Å². The van der Waals surface area contributed by atoms with E-state index in [2.05, 4.69) is 26.1 Å². The quantitative estimate of drug-likeness (QED) is 0.875. The number of rotatable bonds is 5. The summed E-state index contributed by atoms with van der Waals surface area (Å²) >= 11 is 0. The highest BCUT2D eigenvalue weighted by Crippen LogP contribution is 2.34. The van der Waals surface area contributed by atoms with Gasteiger partial charge in [0.05, 0.1) is 26.9 Å². The van der Waals surface area contributed by atoms with Gasteiger partial charge in [-0.15, -0.1) is 0 Å². The number of benzene rings is 1. The summed E-state index contributed by atoms with van der Waals surface area (Å²) in [6, 6.07) is 3.73. The topological polar surface area (TPSA) is 39.7 Å². The zero-order chi connectivity index (χ0) is 13.8. The predicted molar refractivity (Wildman–Crippen MR) is 72.7 cm³/mol. The first kappa shape index (κ1) is 14.6. The lowest BCUT2D eigenvalue weighted by molar-refractivity contribution is 0.357. The highest BCUT2D eigenvalue weighted by Gasteiger charge is 2.16. The van der Waals surface area contributed by atoms with Crippen LogP contribution >= 0.6 is 0 Å². The number of methoxy groups -OCH3 is 3. The third kappa shape index (κ3) is 3.81. The van der Waals surface area contributed by atoms with Gasteiger partial charge in [0.2, 0.25) is 0 Å². The zero-order valence-electron chi connectivity index (χ0n) is 12.1. The molecule has 0 saturated carbocycles. The van der Waals surface area contributed by atoms with Gasteiger partial charge in [-0.3, -0.25) is 0 Å². The predicted octanol–water partition coefficient (Wildman–Crippen LogP) is 2.60. The Hall–Kier alpha value is -1.42. The van der Waals surface area contributed by atoms with Crippen molar-refractivity contribution in [1.82, 2.24) is 5.32 Å². The van der Waals surface area contributed by atoms with Crippen LogP contribution in [0.5, 0.6) is 17.2 Å². The van der Waals surface area contributed by atoms with E-state index in [1.807, 2.05) is 12.1 Å². The molecule has 0 amide bonds. The van der Waals surface area contributed by atoms with Gasteiger partial charge in [0.25, 0.3) is 0 Å². The van der Waals surface area contributed by atoms with E-state index in [1.54, 1.807) is 21.3 Å². The molecule has 0 bridgehead atoms. The first-order valence-corrected chi connectivity index (χ1v) is 5.95. The molecule has 0 spiro atoms. The third-order valence-corrected chi connectivity index (χ3v) is 2.61. The Morgan fingerprint density at radius 1 is 0.944 bits per heavy atom. The molecule has 0 aliphatic heterocycles. The summed E-state index contributed by atoms with van der Waals surface area (Å²) in [5.41, 5.74) is 1.03. The molecular weight excluding hydrogens is 230 g/mol. The van der Waals surface area contributed by atoms with Crippen molar-refractivity contribution < 1.29 is 14.2 Å². The smallest absolute Gasteiger partial charge is 0.130 e. The lowest BCUT2D eigenvalue weighted by atomic mass is 10.1. The van der Waals surface area contributed by atoms with Crippen LogP contribution in [0.15, 0.2) is 12.1 Å². The average Bonchev–Trinajstić information content (AvgIpc) is 2.34. The van der Waals surface area contributed by atoms with Crippen molar-refractivity contribution in [3.63, 3.8) is 0 Å². The van der Waals surface area contributed by atoms with Gasteiger partial charge in [0, 0.05) is 24.2 Å². The highest BCUT2D eigenvalue weighted by atomic mass is 16.5. The van der Waals surface area contributed by atoms with Crippen molar-refractivity contribution in [2.45, 2.75) is 32.9 Å². The highest BCUT2D eigenvalue weighted by molar-refractivity contribution is 5.50. The largest absolute Gasteiger partial charge is 0.496 e. The fraction of sp³-hybridized carbons (Fsp3) is 0.571. The van der Waals surface area contributed by atoms with Crippen LogP contribution in [0.3, 0.4) is 0 Å². The van der Waals surface area contributed by atoms with E-state index < -0.39 is 0 Å². The molecule has 0 aliphatic carbocycles. The van der Waals surface area contributed by atoms with Crippen LogP contribution in [0.1, 0.15) is 26.3 Å². The van der Waals surface area contributed by atoms with E-state index in [9.17, 15) is 0 Å². The molecule has 0 aliphatic rings. The van der Waals surface area contributed by atoms with Gasteiger partial charge >= 0.3 is 0 Å². The minimum atomic E-state index is 0.0376. The molecule has 4 heteroatoms. The molecule has 0 heterocycles. The normalized spacial score (nSPS) is 11.2. The van der Waals surface area contributed by atoms with Crippen molar-refractivity contribution in [3.05, 3.63) is 17.7 Å². The first-order valence-electron chi connectivity index (χ1n) is 5.95. The molecule has 0 atom stereocenters. The maximum Gasteiger partial charge on any atom is 0.130 e. The van der Waals surface area contributed by atoms with Crippen LogP contribution in [0.2, 0.25) is 0 Å². The Labute approximate surface area is 109 Å². The Bertz CT molecular complexity index is 372. The molecule has 18 heavy (non-hydrogen) atoms. The number of ether oxygens (including phenoxy) is 3. The lowest BCUT2D eigenvalue weighted by Gasteiger charge is -2.22. The second-order valence-electron chi connectivity index (χ2n) is 5.11. The van der Waals surface area contributed by atoms with Gasteiger partial charge < -0.3 is 19.5 Å². The Morgan fingerprint density at radius 2 is 1.44 bits per heavy atom. The minimum Gasteiger partial charge on any atom is -0.496 e. The van der Waals surface area contributed by atoms with E-state index in [-0.39, 0.29) is 5.54 Å². The Balaban J connectivity index is 3.07. The van der Waals surface area contributed by atoms with Crippen LogP contribution in [-0.2, 0) is 6.54 Å². The molecule has 102 valence electrons. The number of nitrogens with one attached hydrogen (secondary N) is 1. The second-order valence-corrected chi connectivity index (χ2v) is 5.11. The summed E-state index contributed by atoms with van der Waals surface area (Å²) in [7, 11) is 4.92. The van der Waals surface area contributed by atoms with Crippen LogP contribution < -0.4 is 19.5 Å². The van der Waals surface area contributed by atoms with Gasteiger partial charge in [0.1, 0.15) is 17.2 Å². The maximum atomic E-state index is 5.40. The lowest BCUT2D eigenvalue weighted by Crippen LogP contribution is -2.35. The van der Waals surface area contributed by atoms with Crippen molar-refractivity contribution in [2.75, 3.05) is 21.3 Å².